The Kier molecular flexibility index (Phi) is 6.80. The predicted molar refractivity (Wildman–Crippen MR) is 113 cm³/mol. The average Bonchev–Trinajstić information content (AvgIpc) is 2.74. The Hall–Kier alpha value is -1.83. The molecule has 0 aromatic heterocycles. The first-order chi connectivity index (χ1) is 13.5. The molecule has 1 fully saturated rings. The third-order valence-electron chi connectivity index (χ3n) is 4.96. The van der Waals surface area contributed by atoms with E-state index in [2.05, 4.69) is 6.92 Å². The van der Waals surface area contributed by atoms with Gasteiger partial charge in [-0.1, -0.05) is 37.6 Å². The molecule has 150 valence electrons. The molecule has 0 bridgehead atoms. The van der Waals surface area contributed by atoms with Gasteiger partial charge >= 0.3 is 0 Å². The van der Waals surface area contributed by atoms with Gasteiger partial charge in [0, 0.05) is 31.1 Å². The van der Waals surface area contributed by atoms with Crippen LogP contribution in [0.5, 0.6) is 0 Å². The van der Waals surface area contributed by atoms with Gasteiger partial charge in [-0.2, -0.15) is 4.31 Å². The number of hydrogen-bond donors (Lipinski definition) is 0. The van der Waals surface area contributed by atoms with Gasteiger partial charge in [0.05, 0.1) is 10.5 Å². The zero-order valence-corrected chi connectivity index (χ0v) is 17.9. The summed E-state index contributed by atoms with van der Waals surface area (Å²) in [5.41, 5.74) is 1.82. The van der Waals surface area contributed by atoms with E-state index in [1.165, 1.54) is 4.31 Å². The Morgan fingerprint density at radius 2 is 1.64 bits per heavy atom. The Labute approximate surface area is 171 Å². The van der Waals surface area contributed by atoms with Crippen molar-refractivity contribution in [3.63, 3.8) is 0 Å². The number of thioether (sulfide) groups is 1. The summed E-state index contributed by atoms with van der Waals surface area (Å²) in [6.45, 7) is 3.52. The van der Waals surface area contributed by atoms with Gasteiger partial charge < -0.3 is 4.90 Å². The van der Waals surface area contributed by atoms with Crippen LogP contribution >= 0.6 is 11.8 Å². The second kappa shape index (κ2) is 9.11. The number of carbonyl (C=O) groups is 1. The highest BCUT2D eigenvalue weighted by atomic mass is 32.2. The van der Waals surface area contributed by atoms with E-state index in [1.807, 2.05) is 42.7 Å². The van der Waals surface area contributed by atoms with Crippen molar-refractivity contribution in [1.82, 2.24) is 9.21 Å². The number of nitrogens with zero attached hydrogens (tertiary/aromatic N) is 2. The molecule has 0 N–H and O–H groups in total. The average molecular weight is 419 g/mol. The molecule has 5 nitrogen and oxygen atoms in total. The van der Waals surface area contributed by atoms with E-state index >= 15 is 0 Å². The summed E-state index contributed by atoms with van der Waals surface area (Å²) in [6, 6.07) is 14.7. The highest BCUT2D eigenvalue weighted by Crippen LogP contribution is 2.23. The highest BCUT2D eigenvalue weighted by Gasteiger charge is 2.30. The van der Waals surface area contributed by atoms with Crippen molar-refractivity contribution in [2.45, 2.75) is 29.6 Å². The minimum absolute atomic E-state index is 0.0362. The molecule has 1 heterocycles. The summed E-state index contributed by atoms with van der Waals surface area (Å²) < 4.78 is 27.3. The second-order valence-electron chi connectivity index (χ2n) is 6.79. The highest BCUT2D eigenvalue weighted by molar-refractivity contribution is 7.98. The van der Waals surface area contributed by atoms with Gasteiger partial charge in [-0.05, 0) is 42.5 Å². The van der Waals surface area contributed by atoms with Crippen LogP contribution in [0.1, 0.15) is 29.3 Å². The molecule has 2 aromatic rings. The smallest absolute Gasteiger partial charge is 0.255 e. The third-order valence-corrected chi connectivity index (χ3v) is 7.67. The normalized spacial score (nSPS) is 15.6. The number of piperazine rings is 1. The number of sulfonamides is 1. The molecule has 1 aliphatic heterocycles. The van der Waals surface area contributed by atoms with Crippen LogP contribution in [0, 0.1) is 0 Å². The van der Waals surface area contributed by atoms with Crippen LogP contribution < -0.4 is 0 Å². The second-order valence-corrected chi connectivity index (χ2v) is 9.58. The molecule has 0 spiro atoms. The molecule has 3 rings (SSSR count). The van der Waals surface area contributed by atoms with Crippen molar-refractivity contribution >= 4 is 27.7 Å². The first-order valence-corrected chi connectivity index (χ1v) is 12.1. The van der Waals surface area contributed by atoms with E-state index in [9.17, 15) is 13.2 Å². The Morgan fingerprint density at radius 3 is 2.25 bits per heavy atom. The molecule has 0 radical (unpaired) electrons. The molecule has 0 atom stereocenters. The number of rotatable bonds is 6. The lowest BCUT2D eigenvalue weighted by atomic mass is 10.1. The van der Waals surface area contributed by atoms with Crippen LogP contribution in [0.4, 0.5) is 0 Å². The van der Waals surface area contributed by atoms with Crippen molar-refractivity contribution in [3.05, 3.63) is 59.7 Å². The van der Waals surface area contributed by atoms with Gasteiger partial charge in [0.2, 0.25) is 10.0 Å². The minimum atomic E-state index is -3.53. The fourth-order valence-corrected chi connectivity index (χ4v) is 5.40. The molecule has 1 amide bonds. The molecule has 0 aliphatic carbocycles. The standard InChI is InChI=1S/C21H26N2O3S2/c1-3-6-17-9-11-18(12-10-17)28(25,26)23-15-13-22(14-16-23)21(24)19-7-4-5-8-20(19)27-2/h4-5,7-12H,3,6,13-16H2,1-2H3. The summed E-state index contributed by atoms with van der Waals surface area (Å²) in [5, 5.41) is 0. The third kappa shape index (κ3) is 4.42. The molecule has 2 aromatic carbocycles. The summed E-state index contributed by atoms with van der Waals surface area (Å²) in [5.74, 6) is -0.0362. The fourth-order valence-electron chi connectivity index (χ4n) is 3.39. The van der Waals surface area contributed by atoms with E-state index in [0.29, 0.717) is 36.6 Å². The SMILES string of the molecule is CCCc1ccc(S(=O)(=O)N2CCN(C(=O)c3ccccc3SC)CC2)cc1. The minimum Gasteiger partial charge on any atom is -0.336 e. The maximum Gasteiger partial charge on any atom is 0.255 e. The van der Waals surface area contributed by atoms with Crippen molar-refractivity contribution in [3.8, 4) is 0 Å². The number of benzene rings is 2. The molecule has 0 unspecified atom stereocenters. The van der Waals surface area contributed by atoms with E-state index in [1.54, 1.807) is 28.8 Å². The summed E-state index contributed by atoms with van der Waals surface area (Å²) in [7, 11) is -3.53. The van der Waals surface area contributed by atoms with E-state index in [4.69, 9.17) is 0 Å². The number of carbonyl (C=O) groups excluding carboxylic acids is 1. The van der Waals surface area contributed by atoms with Crippen LogP contribution in [-0.4, -0.2) is 56.0 Å². The van der Waals surface area contributed by atoms with Crippen LogP contribution in [0.25, 0.3) is 0 Å². The molecule has 1 saturated heterocycles. The molecule has 0 saturated carbocycles. The number of aryl methyl sites for hydroxylation is 1. The molecule has 28 heavy (non-hydrogen) atoms. The lowest BCUT2D eigenvalue weighted by Gasteiger charge is -2.34. The van der Waals surface area contributed by atoms with E-state index < -0.39 is 10.0 Å². The molecule has 7 heteroatoms. The van der Waals surface area contributed by atoms with Crippen LogP contribution in [0.3, 0.4) is 0 Å². The largest absolute Gasteiger partial charge is 0.336 e. The van der Waals surface area contributed by atoms with Gasteiger partial charge in [-0.3, -0.25) is 4.79 Å². The molecule has 1 aliphatic rings. The Bertz CT molecular complexity index is 919. The van der Waals surface area contributed by atoms with E-state index in [-0.39, 0.29) is 5.91 Å². The maximum atomic E-state index is 12.9. The molecular weight excluding hydrogens is 392 g/mol. The van der Waals surface area contributed by atoms with Gasteiger partial charge in [0.15, 0.2) is 0 Å². The zero-order valence-electron chi connectivity index (χ0n) is 16.3. The number of hydrogen-bond acceptors (Lipinski definition) is 4. The van der Waals surface area contributed by atoms with Crippen molar-refractivity contribution in [2.75, 3.05) is 32.4 Å². The maximum absolute atomic E-state index is 12.9. The van der Waals surface area contributed by atoms with Crippen molar-refractivity contribution in [1.29, 1.82) is 0 Å². The Morgan fingerprint density at radius 1 is 1.00 bits per heavy atom. The van der Waals surface area contributed by atoms with Crippen molar-refractivity contribution in [2.24, 2.45) is 0 Å². The van der Waals surface area contributed by atoms with Gasteiger partial charge in [0.25, 0.3) is 5.91 Å². The fraction of sp³-hybridized carbons (Fsp3) is 0.381. The lowest BCUT2D eigenvalue weighted by molar-refractivity contribution is 0.0694. The molecular formula is C21H26N2O3S2. The topological polar surface area (TPSA) is 57.7 Å². The summed E-state index contributed by atoms with van der Waals surface area (Å²) in [6.07, 6.45) is 3.92. The quantitative estimate of drug-likeness (QED) is 0.674. The van der Waals surface area contributed by atoms with Crippen LogP contribution in [0.2, 0.25) is 0 Å². The Balaban J connectivity index is 1.68. The number of amides is 1. The first-order valence-electron chi connectivity index (χ1n) is 9.48. The first kappa shape index (κ1) is 20.9. The zero-order chi connectivity index (χ0) is 20.1. The van der Waals surface area contributed by atoms with Gasteiger partial charge in [0.1, 0.15) is 0 Å². The van der Waals surface area contributed by atoms with Crippen LogP contribution in [-0.2, 0) is 16.4 Å². The summed E-state index contributed by atoms with van der Waals surface area (Å²) in [4.78, 5) is 15.8. The van der Waals surface area contributed by atoms with Gasteiger partial charge in [-0.25, -0.2) is 8.42 Å². The lowest BCUT2D eigenvalue weighted by Crippen LogP contribution is -2.50. The van der Waals surface area contributed by atoms with Crippen LogP contribution in [0.15, 0.2) is 58.3 Å². The van der Waals surface area contributed by atoms with E-state index in [0.717, 1.165) is 23.3 Å². The monoisotopic (exact) mass is 418 g/mol. The van der Waals surface area contributed by atoms with Crippen molar-refractivity contribution < 1.29 is 13.2 Å². The predicted octanol–water partition coefficient (Wildman–Crippen LogP) is 3.51. The summed E-state index contributed by atoms with van der Waals surface area (Å²) >= 11 is 1.54. The van der Waals surface area contributed by atoms with Gasteiger partial charge in [-0.15, -0.1) is 11.8 Å².